The van der Waals surface area contributed by atoms with Crippen molar-refractivity contribution in [2.45, 2.75) is 25.4 Å². The molecule has 0 atom stereocenters. The highest BCUT2D eigenvalue weighted by Crippen LogP contribution is 2.37. The van der Waals surface area contributed by atoms with Crippen LogP contribution in [-0.2, 0) is 12.4 Å². The molecule has 172 valence electrons. The molecule has 3 heterocycles. The van der Waals surface area contributed by atoms with Gasteiger partial charge in [-0.1, -0.05) is 42.5 Å². The Kier molecular flexibility index (Phi) is 5.00. The molecule has 0 radical (unpaired) electrons. The second kappa shape index (κ2) is 7.68. The quantitative estimate of drug-likeness (QED) is 0.209. The van der Waals surface area contributed by atoms with Crippen molar-refractivity contribution in [3.8, 4) is 22.5 Å². The smallest absolute Gasteiger partial charge is 0.166 e. The van der Waals surface area contributed by atoms with Gasteiger partial charge in [0.15, 0.2) is 12.4 Å². The maximum absolute atomic E-state index is 13.5. The molecule has 1 aliphatic rings. The fourth-order valence-corrected chi connectivity index (χ4v) is 4.49. The summed E-state index contributed by atoms with van der Waals surface area (Å²) >= 11 is 0. The number of hydrogen-bond acceptors (Lipinski definition) is 0. The van der Waals surface area contributed by atoms with Crippen LogP contribution in [0.4, 0.5) is 26.3 Å². The number of rotatable bonds is 2. The second-order valence-electron chi connectivity index (χ2n) is 8.19. The van der Waals surface area contributed by atoms with Gasteiger partial charge in [0, 0.05) is 24.3 Å². The summed E-state index contributed by atoms with van der Waals surface area (Å²) in [4.78, 5) is 0. The number of aryl methyl sites for hydroxylation is 1. The monoisotopic (exact) mass is 472 g/mol. The Hall–Kier alpha value is -3.68. The van der Waals surface area contributed by atoms with Crippen LogP contribution in [0.1, 0.15) is 28.4 Å². The van der Waals surface area contributed by atoms with E-state index in [0.29, 0.717) is 0 Å². The highest BCUT2D eigenvalue weighted by atomic mass is 19.4. The van der Waals surface area contributed by atoms with Crippen LogP contribution >= 0.6 is 0 Å². The van der Waals surface area contributed by atoms with E-state index in [0.717, 1.165) is 46.5 Å². The van der Waals surface area contributed by atoms with Crippen molar-refractivity contribution in [1.29, 1.82) is 0 Å². The van der Waals surface area contributed by atoms with Crippen LogP contribution < -0.4 is 9.13 Å². The maximum atomic E-state index is 13.5. The zero-order valence-electron chi connectivity index (χ0n) is 17.8. The lowest BCUT2D eigenvalue weighted by molar-refractivity contribution is -0.899. The molecule has 5 rings (SSSR count). The fraction of sp³-hybridized carbons (Fsp3) is 0.154. The van der Waals surface area contributed by atoms with Crippen molar-refractivity contribution in [3.63, 3.8) is 0 Å². The van der Waals surface area contributed by atoms with Crippen LogP contribution in [0.5, 0.6) is 0 Å². The standard InChI is InChI=1S/C26H18F6N2/c1-16-6-2-3-7-19(16)20-8-4-5-9-21(20)24-33-12-10-17(25(27,28)29)14-22(33)23-15-18(26(30,31)32)11-13-34(23)24/h2-15,24H,1H3/q+2. The molecule has 8 heteroatoms. The van der Waals surface area contributed by atoms with Crippen molar-refractivity contribution >= 4 is 0 Å². The Bertz CT molecular complexity index is 1340. The lowest BCUT2D eigenvalue weighted by Crippen LogP contribution is -2.52. The van der Waals surface area contributed by atoms with Crippen molar-refractivity contribution in [1.82, 2.24) is 0 Å². The molecule has 0 N–H and O–H groups in total. The van der Waals surface area contributed by atoms with Crippen molar-refractivity contribution in [2.24, 2.45) is 0 Å². The largest absolute Gasteiger partial charge is 0.416 e. The van der Waals surface area contributed by atoms with Crippen LogP contribution in [0.15, 0.2) is 85.2 Å². The van der Waals surface area contributed by atoms with Gasteiger partial charge >= 0.3 is 18.5 Å². The third-order valence-electron chi connectivity index (χ3n) is 6.09. The van der Waals surface area contributed by atoms with E-state index in [9.17, 15) is 26.3 Å². The predicted molar refractivity (Wildman–Crippen MR) is 112 cm³/mol. The third kappa shape index (κ3) is 3.63. The molecule has 0 bridgehead atoms. The molecular formula is C26H18F6N2+2. The minimum absolute atomic E-state index is 0.0607. The summed E-state index contributed by atoms with van der Waals surface area (Å²) in [6.07, 6.45) is -7.33. The summed E-state index contributed by atoms with van der Waals surface area (Å²) in [5, 5.41) is 0. The van der Waals surface area contributed by atoms with Crippen molar-refractivity contribution < 1.29 is 35.5 Å². The van der Waals surface area contributed by atoms with Crippen LogP contribution in [0.2, 0.25) is 0 Å². The van der Waals surface area contributed by atoms with Crippen LogP contribution in [-0.4, -0.2) is 0 Å². The molecule has 0 spiro atoms. The summed E-state index contributed by atoms with van der Waals surface area (Å²) in [6, 6.07) is 18.8. The average Bonchev–Trinajstić information content (AvgIpc) is 3.11. The molecule has 0 aliphatic carbocycles. The zero-order valence-corrected chi connectivity index (χ0v) is 17.8. The first-order chi connectivity index (χ1) is 16.1. The molecule has 0 unspecified atom stereocenters. The van der Waals surface area contributed by atoms with E-state index in [1.165, 1.54) is 12.4 Å². The van der Waals surface area contributed by atoms with E-state index >= 15 is 0 Å². The lowest BCUT2D eigenvalue weighted by atomic mass is 9.94. The summed E-state index contributed by atoms with van der Waals surface area (Å²) in [5.41, 5.74) is 1.83. The van der Waals surface area contributed by atoms with E-state index in [-0.39, 0.29) is 11.4 Å². The van der Waals surface area contributed by atoms with Gasteiger partial charge in [0.2, 0.25) is 0 Å². The van der Waals surface area contributed by atoms with Crippen LogP contribution in [0, 0.1) is 6.92 Å². The van der Waals surface area contributed by atoms with E-state index < -0.39 is 29.6 Å². The van der Waals surface area contributed by atoms with E-state index in [1.807, 2.05) is 55.5 Å². The number of alkyl halides is 6. The third-order valence-corrected chi connectivity index (χ3v) is 6.09. The predicted octanol–water partition coefficient (Wildman–Crippen LogP) is 6.35. The molecule has 2 aromatic carbocycles. The first-order valence-corrected chi connectivity index (χ1v) is 10.5. The minimum atomic E-state index is -4.63. The topological polar surface area (TPSA) is 7.76 Å². The van der Waals surface area contributed by atoms with Gasteiger partial charge in [-0.2, -0.15) is 26.3 Å². The van der Waals surface area contributed by atoms with Gasteiger partial charge in [-0.15, -0.1) is 9.13 Å². The number of fused-ring (bicyclic) bond motifs is 3. The Morgan fingerprint density at radius 1 is 0.618 bits per heavy atom. The highest BCUT2D eigenvalue weighted by molar-refractivity contribution is 5.71. The van der Waals surface area contributed by atoms with E-state index in [2.05, 4.69) is 0 Å². The van der Waals surface area contributed by atoms with E-state index in [1.54, 1.807) is 9.13 Å². The summed E-state index contributed by atoms with van der Waals surface area (Å²) in [6.45, 7) is 1.95. The molecule has 34 heavy (non-hydrogen) atoms. The van der Waals surface area contributed by atoms with E-state index in [4.69, 9.17) is 0 Å². The second-order valence-corrected chi connectivity index (χ2v) is 8.19. The highest BCUT2D eigenvalue weighted by Gasteiger charge is 2.49. The van der Waals surface area contributed by atoms with Gasteiger partial charge in [0.05, 0.1) is 16.7 Å². The Balaban J connectivity index is 1.79. The zero-order chi connectivity index (χ0) is 24.3. The SMILES string of the molecule is Cc1ccccc1-c1ccccc1C1[n+]2ccc(C(F)(F)F)cc2-c2cc(C(F)(F)F)cc[n+]21. The molecule has 1 aliphatic heterocycles. The van der Waals surface area contributed by atoms with Gasteiger partial charge < -0.3 is 0 Å². The molecule has 0 saturated heterocycles. The van der Waals surface area contributed by atoms with Crippen molar-refractivity contribution in [3.05, 3.63) is 107 Å². The molecular weight excluding hydrogens is 454 g/mol. The number of halogens is 6. The summed E-state index contributed by atoms with van der Waals surface area (Å²) < 4.78 is 83.9. The van der Waals surface area contributed by atoms with Gasteiger partial charge in [0.25, 0.3) is 11.4 Å². The normalized spacial score (nSPS) is 13.6. The van der Waals surface area contributed by atoms with Crippen molar-refractivity contribution in [2.75, 3.05) is 0 Å². The Morgan fingerprint density at radius 3 is 1.59 bits per heavy atom. The van der Waals surface area contributed by atoms with Gasteiger partial charge in [-0.3, -0.25) is 0 Å². The Labute approximate surface area is 191 Å². The molecule has 2 nitrogen and oxygen atoms in total. The van der Waals surface area contributed by atoms with Crippen LogP contribution in [0.25, 0.3) is 22.5 Å². The summed E-state index contributed by atoms with van der Waals surface area (Å²) in [5.74, 6) is 0. The fourth-order valence-electron chi connectivity index (χ4n) is 4.49. The molecule has 0 amide bonds. The number of pyridine rings is 2. The van der Waals surface area contributed by atoms with Gasteiger partial charge in [-0.25, -0.2) is 0 Å². The summed E-state index contributed by atoms with van der Waals surface area (Å²) in [7, 11) is 0. The number of nitrogens with zero attached hydrogens (tertiary/aromatic N) is 2. The molecule has 4 aromatic rings. The average molecular weight is 472 g/mol. The lowest BCUT2D eigenvalue weighted by Gasteiger charge is -2.13. The minimum Gasteiger partial charge on any atom is -0.166 e. The number of aromatic nitrogens is 2. The van der Waals surface area contributed by atoms with Crippen LogP contribution in [0.3, 0.4) is 0 Å². The molecule has 2 aromatic heterocycles. The number of benzene rings is 2. The number of hydrogen-bond donors (Lipinski definition) is 0. The van der Waals surface area contributed by atoms with Gasteiger partial charge in [-0.05, 0) is 29.7 Å². The maximum Gasteiger partial charge on any atom is 0.416 e. The first kappa shape index (κ1) is 22.1. The molecule has 0 saturated carbocycles. The molecule has 0 fully saturated rings. The Morgan fingerprint density at radius 2 is 1.09 bits per heavy atom. The first-order valence-electron chi connectivity index (χ1n) is 10.5. The van der Waals surface area contributed by atoms with Gasteiger partial charge in [0.1, 0.15) is 0 Å².